The highest BCUT2D eigenvalue weighted by atomic mass is 35.5. The third-order valence-electron chi connectivity index (χ3n) is 3.17. The number of halogens is 2. The van der Waals surface area contributed by atoms with Crippen molar-refractivity contribution in [2.24, 2.45) is 0 Å². The van der Waals surface area contributed by atoms with E-state index in [1.165, 1.54) is 0 Å². The van der Waals surface area contributed by atoms with E-state index in [1.807, 2.05) is 7.05 Å². The average molecular weight is 331 g/mol. The van der Waals surface area contributed by atoms with Crippen molar-refractivity contribution in [3.63, 3.8) is 0 Å². The lowest BCUT2D eigenvalue weighted by atomic mass is 10.3. The molecule has 0 unspecified atom stereocenters. The first kappa shape index (κ1) is 16.0. The molecule has 0 spiro atoms. The van der Waals surface area contributed by atoms with E-state index in [4.69, 9.17) is 23.2 Å². The Morgan fingerprint density at radius 1 is 1.05 bits per heavy atom. The van der Waals surface area contributed by atoms with E-state index in [0.29, 0.717) is 13.1 Å². The van der Waals surface area contributed by atoms with Gasteiger partial charge in [-0.15, -0.1) is 0 Å². The van der Waals surface area contributed by atoms with Gasteiger partial charge in [0.25, 0.3) is 0 Å². The minimum absolute atomic E-state index is 0.236. The summed E-state index contributed by atoms with van der Waals surface area (Å²) in [5.74, 6) is -1.54. The second-order valence-electron chi connectivity index (χ2n) is 4.78. The van der Waals surface area contributed by atoms with E-state index < -0.39 is 11.8 Å². The molecule has 0 aromatic heterocycles. The predicted octanol–water partition coefficient (Wildman–Crippen LogP) is 1.21. The zero-order valence-corrected chi connectivity index (χ0v) is 13.0. The Bertz CT molecular complexity index is 525. The first-order valence-electron chi connectivity index (χ1n) is 6.47. The zero-order valence-electron chi connectivity index (χ0n) is 11.5. The van der Waals surface area contributed by atoms with Crippen LogP contribution in [0.5, 0.6) is 0 Å². The minimum atomic E-state index is -0.802. The average Bonchev–Trinajstić information content (AvgIpc) is 2.45. The fourth-order valence-corrected chi connectivity index (χ4v) is 2.39. The van der Waals surface area contributed by atoms with E-state index in [1.54, 1.807) is 23.2 Å². The number of hydrazine groups is 1. The molecule has 0 aliphatic carbocycles. The number of likely N-dealkylation sites (N-methyl/N-ethyl adjacent to an activating group) is 1. The number of hydrogen-bond acceptors (Lipinski definition) is 4. The van der Waals surface area contributed by atoms with Crippen LogP contribution in [0, 0.1) is 0 Å². The van der Waals surface area contributed by atoms with Crippen LogP contribution in [0.1, 0.15) is 0 Å². The van der Waals surface area contributed by atoms with Gasteiger partial charge in [-0.1, -0.05) is 29.3 Å². The fourth-order valence-electron chi connectivity index (χ4n) is 1.90. The number of carbonyl (C=O) groups excluding carboxylic acids is 2. The van der Waals surface area contributed by atoms with E-state index in [-0.39, 0.29) is 15.7 Å². The Balaban J connectivity index is 1.92. The Morgan fingerprint density at radius 2 is 1.62 bits per heavy atom. The summed E-state index contributed by atoms with van der Waals surface area (Å²) >= 11 is 11.9. The molecule has 1 saturated heterocycles. The monoisotopic (exact) mass is 330 g/mol. The number of hydrogen-bond donors (Lipinski definition) is 2. The Labute approximate surface area is 132 Å². The molecule has 114 valence electrons. The van der Waals surface area contributed by atoms with Crippen molar-refractivity contribution >= 4 is 40.7 Å². The van der Waals surface area contributed by atoms with Gasteiger partial charge >= 0.3 is 11.8 Å². The molecule has 1 aromatic carbocycles. The third kappa shape index (κ3) is 4.31. The van der Waals surface area contributed by atoms with Crippen molar-refractivity contribution in [3.8, 4) is 0 Å². The van der Waals surface area contributed by atoms with Crippen molar-refractivity contribution in [1.29, 1.82) is 0 Å². The highest BCUT2D eigenvalue weighted by molar-refractivity contribution is 6.44. The highest BCUT2D eigenvalue weighted by Gasteiger charge is 2.21. The van der Waals surface area contributed by atoms with Gasteiger partial charge in [-0.3, -0.25) is 15.0 Å². The first-order chi connectivity index (χ1) is 9.97. The highest BCUT2D eigenvalue weighted by Crippen LogP contribution is 2.29. The summed E-state index contributed by atoms with van der Waals surface area (Å²) in [6.07, 6.45) is 0. The van der Waals surface area contributed by atoms with Crippen molar-refractivity contribution in [1.82, 2.24) is 15.3 Å². The summed E-state index contributed by atoms with van der Waals surface area (Å²) in [5, 5.41) is 4.70. The standard InChI is InChI=1S/C13H16Cl2N4O2/c1-18-5-7-19(8-6-18)17-13(21)12(20)16-11-9(14)3-2-4-10(11)15/h2-4H,5-8H2,1H3,(H,16,20)(H,17,21). The molecule has 8 heteroatoms. The van der Waals surface area contributed by atoms with Crippen molar-refractivity contribution < 1.29 is 9.59 Å². The quantitative estimate of drug-likeness (QED) is 0.800. The maximum atomic E-state index is 11.9. The van der Waals surface area contributed by atoms with E-state index in [2.05, 4.69) is 15.6 Å². The first-order valence-corrected chi connectivity index (χ1v) is 7.22. The molecule has 2 rings (SSSR count). The number of nitrogens with zero attached hydrogens (tertiary/aromatic N) is 2. The predicted molar refractivity (Wildman–Crippen MR) is 82.3 cm³/mol. The molecule has 2 N–H and O–H groups in total. The Morgan fingerprint density at radius 3 is 2.19 bits per heavy atom. The van der Waals surface area contributed by atoms with E-state index in [9.17, 15) is 9.59 Å². The van der Waals surface area contributed by atoms with Gasteiger partial charge in [0.1, 0.15) is 0 Å². The zero-order chi connectivity index (χ0) is 15.4. The molecule has 0 bridgehead atoms. The van der Waals surface area contributed by atoms with Crippen LogP contribution >= 0.6 is 23.2 Å². The number of anilines is 1. The van der Waals surface area contributed by atoms with Gasteiger partial charge in [0, 0.05) is 26.2 Å². The summed E-state index contributed by atoms with van der Waals surface area (Å²) in [7, 11) is 2.01. The lowest BCUT2D eigenvalue weighted by molar-refractivity contribution is -0.139. The van der Waals surface area contributed by atoms with Gasteiger partial charge in [0.05, 0.1) is 15.7 Å². The van der Waals surface area contributed by atoms with Crippen LogP contribution in [0.2, 0.25) is 10.0 Å². The number of amides is 2. The van der Waals surface area contributed by atoms with Gasteiger partial charge in [-0.05, 0) is 19.2 Å². The second kappa shape index (κ2) is 7.09. The molecule has 0 atom stereocenters. The number of carbonyl (C=O) groups is 2. The van der Waals surface area contributed by atoms with Gasteiger partial charge < -0.3 is 10.2 Å². The summed E-state index contributed by atoms with van der Waals surface area (Å²) in [4.78, 5) is 25.9. The van der Waals surface area contributed by atoms with Crippen molar-refractivity contribution in [2.75, 3.05) is 38.5 Å². The van der Waals surface area contributed by atoms with Gasteiger partial charge in [0.2, 0.25) is 0 Å². The molecule has 0 saturated carbocycles. The molecule has 6 nitrogen and oxygen atoms in total. The number of para-hydroxylation sites is 1. The smallest absolute Gasteiger partial charge is 0.315 e. The maximum absolute atomic E-state index is 11.9. The van der Waals surface area contributed by atoms with Crippen LogP contribution in [0.4, 0.5) is 5.69 Å². The van der Waals surface area contributed by atoms with E-state index in [0.717, 1.165) is 13.1 Å². The lowest BCUT2D eigenvalue weighted by Gasteiger charge is -2.32. The van der Waals surface area contributed by atoms with Crippen LogP contribution in [-0.2, 0) is 9.59 Å². The normalized spacial score (nSPS) is 16.5. The largest absolute Gasteiger partial charge is 0.323 e. The van der Waals surface area contributed by atoms with Crippen LogP contribution in [0.25, 0.3) is 0 Å². The molecule has 2 amide bonds. The molecular formula is C13H16Cl2N4O2. The fraction of sp³-hybridized carbons (Fsp3) is 0.385. The summed E-state index contributed by atoms with van der Waals surface area (Å²) in [6, 6.07) is 4.83. The van der Waals surface area contributed by atoms with E-state index >= 15 is 0 Å². The molecule has 1 aromatic rings. The molecule has 1 fully saturated rings. The molecule has 1 heterocycles. The number of piperazine rings is 1. The van der Waals surface area contributed by atoms with Crippen LogP contribution in [0.3, 0.4) is 0 Å². The molecule has 1 aliphatic heterocycles. The second-order valence-corrected chi connectivity index (χ2v) is 5.60. The topological polar surface area (TPSA) is 64.7 Å². The molecule has 21 heavy (non-hydrogen) atoms. The number of rotatable bonds is 2. The summed E-state index contributed by atoms with van der Waals surface area (Å²) < 4.78 is 0. The minimum Gasteiger partial charge on any atom is -0.315 e. The Kier molecular flexibility index (Phi) is 5.41. The van der Waals surface area contributed by atoms with Crippen molar-refractivity contribution in [2.45, 2.75) is 0 Å². The lowest BCUT2D eigenvalue weighted by Crippen LogP contribution is -2.54. The van der Waals surface area contributed by atoms with Gasteiger partial charge in [-0.25, -0.2) is 5.01 Å². The van der Waals surface area contributed by atoms with Crippen molar-refractivity contribution in [3.05, 3.63) is 28.2 Å². The maximum Gasteiger partial charge on any atom is 0.323 e. The summed E-state index contributed by atoms with van der Waals surface area (Å²) in [6.45, 7) is 3.00. The molecular weight excluding hydrogens is 315 g/mol. The van der Waals surface area contributed by atoms with Crippen LogP contribution < -0.4 is 10.7 Å². The SMILES string of the molecule is CN1CCN(NC(=O)C(=O)Nc2c(Cl)cccc2Cl)CC1. The van der Waals surface area contributed by atoms with Gasteiger partial charge in [-0.2, -0.15) is 0 Å². The molecule has 0 radical (unpaired) electrons. The summed E-state index contributed by atoms with van der Waals surface area (Å²) in [5.41, 5.74) is 2.80. The number of benzene rings is 1. The van der Waals surface area contributed by atoms with Gasteiger partial charge in [0.15, 0.2) is 0 Å². The Hall–Kier alpha value is -1.34. The number of nitrogens with one attached hydrogen (secondary N) is 2. The molecule has 1 aliphatic rings. The van der Waals surface area contributed by atoms with Crippen LogP contribution in [0.15, 0.2) is 18.2 Å². The third-order valence-corrected chi connectivity index (χ3v) is 3.80. The van der Waals surface area contributed by atoms with Crippen LogP contribution in [-0.4, -0.2) is 54.9 Å².